The first kappa shape index (κ1) is 18.8. The Balaban J connectivity index is 1.90. The van der Waals surface area contributed by atoms with Crippen LogP contribution in [0.5, 0.6) is 5.75 Å². The molecule has 0 amide bonds. The molecule has 1 saturated carbocycles. The van der Waals surface area contributed by atoms with Crippen molar-refractivity contribution in [1.29, 1.82) is 0 Å². The molecule has 0 aliphatic heterocycles. The Hall–Kier alpha value is -1.94. The third-order valence-corrected chi connectivity index (χ3v) is 4.42. The molecule has 1 aromatic carbocycles. The number of hydrogen-bond donors (Lipinski definition) is 1. The smallest absolute Gasteiger partial charge is 0.406 e. The molecule has 5 nitrogen and oxygen atoms in total. The topological polar surface area (TPSA) is 60.2 Å². The van der Waals surface area contributed by atoms with Gasteiger partial charge in [0.1, 0.15) is 24.0 Å². The van der Waals surface area contributed by atoms with Crippen LogP contribution in [0, 0.1) is 5.92 Å². The third-order valence-electron chi connectivity index (χ3n) is 4.11. The van der Waals surface area contributed by atoms with Gasteiger partial charge in [0.15, 0.2) is 0 Å². The molecule has 1 aromatic heterocycles. The molecule has 11 heteroatoms. The second kappa shape index (κ2) is 6.34. The van der Waals surface area contributed by atoms with E-state index < -0.39 is 29.6 Å². The molecule has 1 aliphatic rings. The Bertz CT molecular complexity index is 784. The van der Waals surface area contributed by atoms with Gasteiger partial charge < -0.3 is 9.84 Å². The van der Waals surface area contributed by atoms with E-state index >= 15 is 0 Å². The van der Waals surface area contributed by atoms with Crippen molar-refractivity contribution in [2.45, 2.75) is 37.3 Å². The van der Waals surface area contributed by atoms with Crippen LogP contribution >= 0.6 is 11.6 Å². The Labute approximate surface area is 149 Å². The molecule has 1 N–H and O–H groups in total. The van der Waals surface area contributed by atoms with Crippen molar-refractivity contribution in [1.82, 2.24) is 14.8 Å². The maximum atomic E-state index is 13.3. The van der Waals surface area contributed by atoms with Gasteiger partial charge in [-0.2, -0.15) is 5.10 Å². The van der Waals surface area contributed by atoms with Crippen molar-refractivity contribution in [2.75, 3.05) is 0 Å². The lowest BCUT2D eigenvalue weighted by atomic mass is 9.88. The predicted molar refractivity (Wildman–Crippen MR) is 79.7 cm³/mol. The average molecular weight is 398 g/mol. The summed E-state index contributed by atoms with van der Waals surface area (Å²) >= 11 is 6.02. The zero-order valence-electron chi connectivity index (χ0n) is 13.1. The van der Waals surface area contributed by atoms with Crippen LogP contribution in [0.1, 0.15) is 18.4 Å². The molecule has 0 saturated heterocycles. The number of alkyl halides is 5. The van der Waals surface area contributed by atoms with Gasteiger partial charge in [-0.25, -0.2) is 18.4 Å². The highest BCUT2D eigenvalue weighted by molar-refractivity contribution is 6.31. The summed E-state index contributed by atoms with van der Waals surface area (Å²) in [7, 11) is 0. The van der Waals surface area contributed by atoms with E-state index in [1.165, 1.54) is 17.3 Å². The fourth-order valence-corrected chi connectivity index (χ4v) is 3.16. The van der Waals surface area contributed by atoms with Gasteiger partial charge in [0.25, 0.3) is 5.92 Å². The van der Waals surface area contributed by atoms with Crippen molar-refractivity contribution < 1.29 is 31.8 Å². The fraction of sp³-hybridized carbons (Fsp3) is 0.467. The fourth-order valence-electron chi connectivity index (χ4n) is 2.81. The summed E-state index contributed by atoms with van der Waals surface area (Å²) in [5, 5.41) is 14.6. The van der Waals surface area contributed by atoms with Gasteiger partial charge in [-0.3, -0.25) is 0 Å². The monoisotopic (exact) mass is 397 g/mol. The molecule has 142 valence electrons. The first-order valence-corrected chi connectivity index (χ1v) is 7.85. The van der Waals surface area contributed by atoms with Gasteiger partial charge in [-0.15, -0.1) is 13.2 Å². The number of hydrogen-bond acceptors (Lipinski definition) is 4. The summed E-state index contributed by atoms with van der Waals surface area (Å²) in [6.45, 7) is -0.237. The lowest BCUT2D eigenvalue weighted by Crippen LogP contribution is -2.33. The summed E-state index contributed by atoms with van der Waals surface area (Å²) in [5.41, 5.74) is -1.86. The van der Waals surface area contributed by atoms with Crippen LogP contribution in [-0.2, 0) is 12.1 Å². The van der Waals surface area contributed by atoms with Crippen LogP contribution in [0.2, 0.25) is 5.02 Å². The Kier molecular flexibility index (Phi) is 4.60. The quantitative estimate of drug-likeness (QED) is 0.754. The SMILES string of the molecule is OC(CC1CC1(F)F)(Cn1cncn1)c1ccc(OC(F)(F)F)cc1Cl. The van der Waals surface area contributed by atoms with E-state index in [4.69, 9.17) is 11.6 Å². The molecule has 1 aliphatic carbocycles. The zero-order valence-corrected chi connectivity index (χ0v) is 13.8. The number of nitrogens with zero attached hydrogens (tertiary/aromatic N) is 3. The van der Waals surface area contributed by atoms with E-state index in [-0.39, 0.29) is 30.0 Å². The van der Waals surface area contributed by atoms with Crippen LogP contribution in [0.15, 0.2) is 30.9 Å². The zero-order chi connectivity index (χ0) is 19.2. The van der Waals surface area contributed by atoms with Crippen molar-refractivity contribution >= 4 is 11.6 Å². The predicted octanol–water partition coefficient (Wildman–Crippen LogP) is 3.76. The summed E-state index contributed by atoms with van der Waals surface area (Å²) in [5.74, 6) is -4.52. The minimum Gasteiger partial charge on any atom is -0.406 e. The molecule has 3 rings (SSSR count). The number of aliphatic hydroxyl groups is 1. The number of rotatable bonds is 6. The average Bonchev–Trinajstić information content (AvgIpc) is 2.86. The lowest BCUT2D eigenvalue weighted by Gasteiger charge is -2.30. The second-order valence-corrected chi connectivity index (χ2v) is 6.59. The highest BCUT2D eigenvalue weighted by Gasteiger charge is 2.59. The molecule has 1 fully saturated rings. The normalized spacial score (nSPS) is 21.3. The van der Waals surface area contributed by atoms with Crippen molar-refractivity contribution in [2.24, 2.45) is 5.92 Å². The number of benzene rings is 1. The minimum absolute atomic E-state index is 0.00638. The van der Waals surface area contributed by atoms with Gasteiger partial charge in [0, 0.05) is 17.9 Å². The standard InChI is InChI=1S/C15H13ClF5N3O2/c16-12-3-10(26-15(19,20)21)1-2-11(12)13(25,4-9-5-14(9,17)18)6-24-8-22-7-23-24/h1-3,7-9,25H,4-6H2. The van der Waals surface area contributed by atoms with Gasteiger partial charge in [-0.05, 0) is 18.6 Å². The van der Waals surface area contributed by atoms with Crippen LogP contribution in [0.3, 0.4) is 0 Å². The molecule has 2 unspecified atom stereocenters. The summed E-state index contributed by atoms with van der Waals surface area (Å²) < 4.78 is 68.6. The Morgan fingerprint density at radius 1 is 1.35 bits per heavy atom. The molecular weight excluding hydrogens is 385 g/mol. The summed E-state index contributed by atoms with van der Waals surface area (Å²) in [6, 6.07) is 2.97. The molecule has 2 aromatic rings. The summed E-state index contributed by atoms with van der Waals surface area (Å²) in [4.78, 5) is 3.71. The van der Waals surface area contributed by atoms with Crippen LogP contribution < -0.4 is 4.74 Å². The van der Waals surface area contributed by atoms with Gasteiger partial charge in [0.05, 0.1) is 11.6 Å². The highest BCUT2D eigenvalue weighted by Crippen LogP contribution is 2.54. The van der Waals surface area contributed by atoms with E-state index in [0.29, 0.717) is 0 Å². The van der Waals surface area contributed by atoms with E-state index in [1.807, 2.05) is 0 Å². The molecular formula is C15H13ClF5N3O2. The highest BCUT2D eigenvalue weighted by atomic mass is 35.5. The molecule has 1 heterocycles. The van der Waals surface area contributed by atoms with Gasteiger partial charge in [-0.1, -0.05) is 17.7 Å². The first-order chi connectivity index (χ1) is 12.0. The van der Waals surface area contributed by atoms with E-state index in [1.54, 1.807) is 0 Å². The lowest BCUT2D eigenvalue weighted by molar-refractivity contribution is -0.274. The molecule has 0 radical (unpaired) electrons. The first-order valence-electron chi connectivity index (χ1n) is 7.47. The van der Waals surface area contributed by atoms with Crippen LogP contribution in [0.4, 0.5) is 22.0 Å². The number of ether oxygens (including phenoxy) is 1. The maximum absolute atomic E-state index is 13.3. The minimum atomic E-state index is -4.90. The number of aromatic nitrogens is 3. The third kappa shape index (κ3) is 4.24. The largest absolute Gasteiger partial charge is 0.573 e. The Morgan fingerprint density at radius 3 is 2.54 bits per heavy atom. The molecule has 0 spiro atoms. The van der Waals surface area contributed by atoms with Gasteiger partial charge in [0.2, 0.25) is 0 Å². The second-order valence-electron chi connectivity index (χ2n) is 6.18. The van der Waals surface area contributed by atoms with E-state index in [9.17, 15) is 27.1 Å². The van der Waals surface area contributed by atoms with E-state index in [2.05, 4.69) is 14.8 Å². The Morgan fingerprint density at radius 2 is 2.04 bits per heavy atom. The molecule has 0 bridgehead atoms. The maximum Gasteiger partial charge on any atom is 0.573 e. The van der Waals surface area contributed by atoms with Gasteiger partial charge >= 0.3 is 6.36 Å². The van der Waals surface area contributed by atoms with Crippen molar-refractivity contribution in [3.63, 3.8) is 0 Å². The molecule has 26 heavy (non-hydrogen) atoms. The van der Waals surface area contributed by atoms with Crippen molar-refractivity contribution in [3.05, 3.63) is 41.4 Å². The summed E-state index contributed by atoms with van der Waals surface area (Å²) in [6.07, 6.45) is -3.13. The van der Waals surface area contributed by atoms with Crippen LogP contribution in [0.25, 0.3) is 0 Å². The van der Waals surface area contributed by atoms with Crippen molar-refractivity contribution in [3.8, 4) is 5.75 Å². The molecule has 2 atom stereocenters. The van der Waals surface area contributed by atoms with E-state index in [0.717, 1.165) is 18.2 Å². The number of halogens is 6. The van der Waals surface area contributed by atoms with Crippen LogP contribution in [-0.4, -0.2) is 32.2 Å².